The number of rotatable bonds is 41. The molecule has 0 aliphatic carbocycles. The minimum atomic E-state index is -4.28. The van der Waals surface area contributed by atoms with Gasteiger partial charge in [-0.05, 0) is 51.4 Å². The Morgan fingerprint density at radius 3 is 1.58 bits per heavy atom. The molecule has 0 rings (SSSR count). The first-order chi connectivity index (χ1) is 25.9. The molecule has 3 N–H and O–H groups in total. The summed E-state index contributed by atoms with van der Waals surface area (Å²) in [5, 5.41) is 0. The average Bonchev–Trinajstić information content (AvgIpc) is 3.15. The first-order valence-corrected chi connectivity index (χ1v) is 23.1. The molecule has 0 saturated carbocycles. The van der Waals surface area contributed by atoms with Crippen molar-refractivity contribution in [2.45, 2.75) is 193 Å². The highest BCUT2D eigenvalue weighted by atomic mass is 31.2. The van der Waals surface area contributed by atoms with E-state index in [1.807, 2.05) is 0 Å². The van der Waals surface area contributed by atoms with E-state index in [0.29, 0.717) is 13.0 Å². The summed E-state index contributed by atoms with van der Waals surface area (Å²) >= 11 is 0. The molecule has 0 aliphatic heterocycles. The summed E-state index contributed by atoms with van der Waals surface area (Å²) in [5.74, 6) is -0.337. The largest absolute Gasteiger partial charge is 0.472 e. The van der Waals surface area contributed by atoms with Gasteiger partial charge in [0.15, 0.2) is 0 Å². The van der Waals surface area contributed by atoms with E-state index in [0.717, 1.165) is 70.6 Å². The summed E-state index contributed by atoms with van der Waals surface area (Å²) in [4.78, 5) is 22.5. The summed E-state index contributed by atoms with van der Waals surface area (Å²) in [6.45, 7) is 4.78. The highest BCUT2D eigenvalue weighted by molar-refractivity contribution is 7.47. The van der Waals surface area contributed by atoms with Gasteiger partial charge in [-0.15, -0.1) is 0 Å². The third-order valence-corrected chi connectivity index (χ3v) is 9.99. The second-order valence-corrected chi connectivity index (χ2v) is 15.6. The molecule has 53 heavy (non-hydrogen) atoms. The Labute approximate surface area is 326 Å². The highest BCUT2D eigenvalue weighted by Crippen LogP contribution is 2.43. The first kappa shape index (κ1) is 51.5. The SMILES string of the molecule is CC/C=C\C/C=C\C/C=C\C/C=C\CCCCCCCOCC(COP(=O)(O)OCCN)OC(=O)CCCCCCCCCCCCCCCCCC. The van der Waals surface area contributed by atoms with Gasteiger partial charge in [0.05, 0.1) is 19.8 Å². The molecule has 0 bridgehead atoms. The number of ether oxygens (including phenoxy) is 2. The molecular formula is C44H82NO7P. The first-order valence-electron chi connectivity index (χ1n) is 21.6. The van der Waals surface area contributed by atoms with Crippen LogP contribution in [0.2, 0.25) is 0 Å². The topological polar surface area (TPSA) is 117 Å². The number of phosphoric ester groups is 1. The van der Waals surface area contributed by atoms with E-state index in [2.05, 4.69) is 62.5 Å². The Bertz CT molecular complexity index is 952. The van der Waals surface area contributed by atoms with Crippen LogP contribution in [0.4, 0.5) is 0 Å². The number of carbonyl (C=O) groups is 1. The maximum absolute atomic E-state index is 12.6. The van der Waals surface area contributed by atoms with Crippen molar-refractivity contribution < 1.29 is 32.8 Å². The molecule has 0 amide bonds. The van der Waals surface area contributed by atoms with Crippen molar-refractivity contribution in [3.63, 3.8) is 0 Å². The minimum absolute atomic E-state index is 0.0964. The minimum Gasteiger partial charge on any atom is -0.457 e. The number of nitrogens with two attached hydrogens (primary N) is 1. The lowest BCUT2D eigenvalue weighted by atomic mass is 10.0. The summed E-state index contributed by atoms with van der Waals surface area (Å²) < 4.78 is 33.4. The van der Waals surface area contributed by atoms with Crippen LogP contribution < -0.4 is 5.73 Å². The number of hydrogen-bond donors (Lipinski definition) is 2. The van der Waals surface area contributed by atoms with E-state index in [9.17, 15) is 14.3 Å². The molecule has 0 radical (unpaired) electrons. The van der Waals surface area contributed by atoms with E-state index in [-0.39, 0.29) is 32.3 Å². The van der Waals surface area contributed by atoms with Crippen molar-refractivity contribution in [3.8, 4) is 0 Å². The Balaban J connectivity index is 4.06. The number of allylic oxidation sites excluding steroid dienone is 8. The van der Waals surface area contributed by atoms with Crippen LogP contribution in [0.25, 0.3) is 0 Å². The highest BCUT2D eigenvalue weighted by Gasteiger charge is 2.25. The lowest BCUT2D eigenvalue weighted by molar-refractivity contribution is -0.154. The standard InChI is InChI=1S/C44H82NO7P/c1-3-5-7-9-11-13-15-17-19-21-22-24-26-28-30-32-34-36-39-49-41-43(42-51-53(47,48)50-40-38-45)52-44(46)37-35-33-31-29-27-25-23-20-18-16-14-12-10-8-6-4-2/h5,7,11,13,17,19,22,24,43H,3-4,6,8-10,12,14-16,18,20-21,23,25-42,45H2,1-2H3,(H,47,48)/b7-5-,13-11-,19-17-,24-22-. The van der Waals surface area contributed by atoms with Gasteiger partial charge in [0.1, 0.15) is 6.10 Å². The molecule has 0 aliphatic rings. The van der Waals surface area contributed by atoms with E-state index in [1.54, 1.807) is 0 Å². The van der Waals surface area contributed by atoms with E-state index < -0.39 is 13.9 Å². The molecule has 0 heterocycles. The maximum atomic E-state index is 12.6. The number of phosphoric acid groups is 1. The van der Waals surface area contributed by atoms with Gasteiger partial charge in [-0.25, -0.2) is 4.57 Å². The summed E-state index contributed by atoms with van der Waals surface area (Å²) in [7, 11) is -4.28. The number of carbonyl (C=O) groups excluding carboxylic acids is 1. The van der Waals surface area contributed by atoms with Crippen LogP contribution >= 0.6 is 7.82 Å². The van der Waals surface area contributed by atoms with Gasteiger partial charge in [0.25, 0.3) is 0 Å². The molecule has 9 heteroatoms. The molecule has 0 saturated heterocycles. The van der Waals surface area contributed by atoms with Crippen LogP contribution in [-0.4, -0.2) is 49.9 Å². The number of esters is 1. The van der Waals surface area contributed by atoms with Crippen molar-refractivity contribution in [3.05, 3.63) is 48.6 Å². The van der Waals surface area contributed by atoms with E-state index in [1.165, 1.54) is 96.3 Å². The number of hydrogen-bond acceptors (Lipinski definition) is 7. The number of unbranched alkanes of at least 4 members (excludes halogenated alkanes) is 20. The summed E-state index contributed by atoms with van der Waals surface area (Å²) in [6, 6.07) is 0. The normalized spacial score (nSPS) is 14.0. The van der Waals surface area contributed by atoms with Crippen LogP contribution in [0.1, 0.15) is 187 Å². The van der Waals surface area contributed by atoms with Crippen LogP contribution in [0.15, 0.2) is 48.6 Å². The molecule has 310 valence electrons. The maximum Gasteiger partial charge on any atom is 0.472 e. The predicted molar refractivity (Wildman–Crippen MR) is 224 cm³/mol. The zero-order valence-corrected chi connectivity index (χ0v) is 35.1. The molecule has 8 nitrogen and oxygen atoms in total. The Morgan fingerprint density at radius 1 is 0.585 bits per heavy atom. The Kier molecular flexibility index (Phi) is 40.4. The molecular weight excluding hydrogens is 685 g/mol. The monoisotopic (exact) mass is 768 g/mol. The van der Waals surface area contributed by atoms with E-state index in [4.69, 9.17) is 24.3 Å². The van der Waals surface area contributed by atoms with Gasteiger partial charge < -0.3 is 20.1 Å². The second kappa shape index (κ2) is 41.6. The van der Waals surface area contributed by atoms with Crippen LogP contribution in [0.3, 0.4) is 0 Å². The van der Waals surface area contributed by atoms with Crippen molar-refractivity contribution in [2.24, 2.45) is 5.73 Å². The smallest absolute Gasteiger partial charge is 0.457 e. The molecule has 0 aromatic rings. The molecule has 0 aromatic heterocycles. The van der Waals surface area contributed by atoms with Gasteiger partial charge in [-0.2, -0.15) is 0 Å². The zero-order valence-electron chi connectivity index (χ0n) is 34.2. The average molecular weight is 768 g/mol. The molecule has 0 fully saturated rings. The molecule has 2 unspecified atom stereocenters. The fraction of sp³-hybridized carbons (Fsp3) is 0.795. The van der Waals surface area contributed by atoms with Crippen LogP contribution in [0.5, 0.6) is 0 Å². The second-order valence-electron chi connectivity index (χ2n) is 14.2. The van der Waals surface area contributed by atoms with Crippen molar-refractivity contribution in [1.29, 1.82) is 0 Å². The van der Waals surface area contributed by atoms with Gasteiger partial charge in [-0.3, -0.25) is 13.8 Å². The summed E-state index contributed by atoms with van der Waals surface area (Å²) in [5.41, 5.74) is 5.37. The van der Waals surface area contributed by atoms with E-state index >= 15 is 0 Å². The van der Waals surface area contributed by atoms with Crippen molar-refractivity contribution in [1.82, 2.24) is 0 Å². The molecule has 2 atom stereocenters. The Hall–Kier alpha value is -1.54. The van der Waals surface area contributed by atoms with Crippen LogP contribution in [0, 0.1) is 0 Å². The zero-order chi connectivity index (χ0) is 38.8. The third kappa shape index (κ3) is 41.5. The fourth-order valence-electron chi connectivity index (χ4n) is 5.87. The fourth-order valence-corrected chi connectivity index (χ4v) is 6.64. The lowest BCUT2D eigenvalue weighted by Crippen LogP contribution is -2.28. The Morgan fingerprint density at radius 2 is 1.06 bits per heavy atom. The van der Waals surface area contributed by atoms with Crippen molar-refractivity contribution >= 4 is 13.8 Å². The summed E-state index contributed by atoms with van der Waals surface area (Å²) in [6.07, 6.45) is 48.4. The quantitative estimate of drug-likeness (QED) is 0.0273. The molecule has 0 aromatic carbocycles. The van der Waals surface area contributed by atoms with Gasteiger partial charge >= 0.3 is 13.8 Å². The van der Waals surface area contributed by atoms with Crippen LogP contribution in [-0.2, 0) is 27.9 Å². The van der Waals surface area contributed by atoms with Gasteiger partial charge in [-0.1, -0.05) is 178 Å². The lowest BCUT2D eigenvalue weighted by Gasteiger charge is -2.20. The van der Waals surface area contributed by atoms with Crippen molar-refractivity contribution in [2.75, 3.05) is 33.0 Å². The predicted octanol–water partition coefficient (Wildman–Crippen LogP) is 12.8. The van der Waals surface area contributed by atoms with Gasteiger partial charge in [0.2, 0.25) is 0 Å². The third-order valence-electron chi connectivity index (χ3n) is 9.01. The van der Waals surface area contributed by atoms with Gasteiger partial charge in [0, 0.05) is 19.6 Å². The molecule has 0 spiro atoms.